The molecule has 1 fully saturated rings. The molecule has 1 aromatic rings. The molecule has 6 heteroatoms. The number of nitrogens with zero attached hydrogens (tertiary/aromatic N) is 3. The number of carbonyl (C=O) groups is 2. The van der Waals surface area contributed by atoms with Gasteiger partial charge < -0.3 is 4.90 Å². The van der Waals surface area contributed by atoms with Crippen LogP contribution in [0.1, 0.15) is 38.3 Å². The number of amides is 2. The fourth-order valence-electron chi connectivity index (χ4n) is 2.16. The molecule has 1 aromatic heterocycles. The molecule has 110 valence electrons. The molecule has 0 spiro atoms. The van der Waals surface area contributed by atoms with E-state index in [-0.39, 0.29) is 11.8 Å². The molecule has 0 atom stereocenters. The van der Waals surface area contributed by atoms with E-state index in [2.05, 4.69) is 11.9 Å². The zero-order valence-corrected chi connectivity index (χ0v) is 12.9. The van der Waals surface area contributed by atoms with E-state index in [1.807, 2.05) is 12.4 Å². The highest BCUT2D eigenvalue weighted by molar-refractivity contribution is 7.14. The van der Waals surface area contributed by atoms with Gasteiger partial charge in [0.05, 0.1) is 12.1 Å². The predicted molar refractivity (Wildman–Crippen MR) is 80.0 cm³/mol. The third-order valence-corrected chi connectivity index (χ3v) is 4.36. The predicted octanol–water partition coefficient (Wildman–Crippen LogP) is 2.07. The molecule has 0 bridgehead atoms. The average Bonchev–Trinajstić information content (AvgIpc) is 3.04. The molecule has 0 saturated carbocycles. The highest BCUT2D eigenvalue weighted by atomic mass is 32.1. The van der Waals surface area contributed by atoms with Crippen LogP contribution >= 0.6 is 11.3 Å². The molecule has 0 aliphatic carbocycles. The molecule has 0 unspecified atom stereocenters. The second-order valence-corrected chi connectivity index (χ2v) is 5.95. The van der Waals surface area contributed by atoms with Crippen LogP contribution in [0.3, 0.4) is 0 Å². The summed E-state index contributed by atoms with van der Waals surface area (Å²) in [4.78, 5) is 31.6. The van der Waals surface area contributed by atoms with Crippen LogP contribution in [0, 0.1) is 0 Å². The van der Waals surface area contributed by atoms with Crippen molar-refractivity contribution in [2.45, 2.75) is 39.0 Å². The van der Waals surface area contributed by atoms with Gasteiger partial charge in [0.15, 0.2) is 5.13 Å². The van der Waals surface area contributed by atoms with E-state index in [1.165, 1.54) is 11.3 Å². The summed E-state index contributed by atoms with van der Waals surface area (Å²) in [6, 6.07) is 0. The molecule has 0 N–H and O–H groups in total. The maximum absolute atomic E-state index is 12.0. The third-order valence-electron chi connectivity index (χ3n) is 3.45. The Labute approximate surface area is 123 Å². The molecular weight excluding hydrogens is 274 g/mol. The summed E-state index contributed by atoms with van der Waals surface area (Å²) in [5, 5.41) is 2.61. The summed E-state index contributed by atoms with van der Waals surface area (Å²) in [5.41, 5.74) is 0.762. The molecule has 2 rings (SSSR count). The smallest absolute Gasteiger partial charge is 0.228 e. The lowest BCUT2D eigenvalue weighted by atomic mass is 10.2. The number of rotatable bonds is 6. The lowest BCUT2D eigenvalue weighted by Crippen LogP contribution is -2.29. The Balaban J connectivity index is 1.92. The molecular formula is C14H21N3O2S. The van der Waals surface area contributed by atoms with Gasteiger partial charge in [-0.2, -0.15) is 0 Å². The largest absolute Gasteiger partial charge is 0.345 e. The minimum Gasteiger partial charge on any atom is -0.345 e. The number of hydrogen-bond donors (Lipinski definition) is 0. The number of likely N-dealkylation sites (N-methyl/N-ethyl adjacent to an activating group) is 1. The zero-order valence-electron chi connectivity index (χ0n) is 12.1. The normalized spacial score (nSPS) is 14.9. The van der Waals surface area contributed by atoms with Gasteiger partial charge in [0, 0.05) is 31.9 Å². The summed E-state index contributed by atoms with van der Waals surface area (Å²) in [5.74, 6) is 0.223. The van der Waals surface area contributed by atoms with Crippen molar-refractivity contribution in [2.75, 3.05) is 25.0 Å². The standard InChI is InChI=1S/C14H21N3O2S/c1-3-4-7-16(2)13(19)9-11-10-20-14(15-11)17-8-5-6-12(17)18/h10H,3-9H2,1-2H3. The van der Waals surface area contributed by atoms with E-state index >= 15 is 0 Å². The SMILES string of the molecule is CCCCN(C)C(=O)Cc1csc(N2CCCC2=O)n1. The van der Waals surface area contributed by atoms with Crippen molar-refractivity contribution >= 4 is 28.3 Å². The highest BCUT2D eigenvalue weighted by Crippen LogP contribution is 2.25. The monoisotopic (exact) mass is 295 g/mol. The Morgan fingerprint density at radius 3 is 3.00 bits per heavy atom. The summed E-state index contributed by atoms with van der Waals surface area (Å²) in [6.07, 6.45) is 3.92. The van der Waals surface area contributed by atoms with Crippen LogP contribution in [0.2, 0.25) is 0 Å². The molecule has 20 heavy (non-hydrogen) atoms. The van der Waals surface area contributed by atoms with E-state index in [9.17, 15) is 9.59 Å². The fraction of sp³-hybridized carbons (Fsp3) is 0.643. The maximum Gasteiger partial charge on any atom is 0.228 e. The Hall–Kier alpha value is -1.43. The molecule has 5 nitrogen and oxygen atoms in total. The lowest BCUT2D eigenvalue weighted by Gasteiger charge is -2.15. The quantitative estimate of drug-likeness (QED) is 0.807. The number of anilines is 1. The summed E-state index contributed by atoms with van der Waals surface area (Å²) < 4.78 is 0. The van der Waals surface area contributed by atoms with Gasteiger partial charge >= 0.3 is 0 Å². The number of unbranched alkanes of at least 4 members (excludes halogenated alkanes) is 1. The van der Waals surface area contributed by atoms with Gasteiger partial charge in [-0.3, -0.25) is 14.5 Å². The van der Waals surface area contributed by atoms with Gasteiger partial charge in [-0.05, 0) is 12.8 Å². The highest BCUT2D eigenvalue weighted by Gasteiger charge is 2.24. The Bertz CT molecular complexity index is 487. The van der Waals surface area contributed by atoms with Gasteiger partial charge in [-0.15, -0.1) is 11.3 Å². The van der Waals surface area contributed by atoms with Crippen LogP contribution in [0.5, 0.6) is 0 Å². The number of aromatic nitrogens is 1. The first-order valence-electron chi connectivity index (χ1n) is 7.10. The van der Waals surface area contributed by atoms with Crippen LogP contribution in [0.15, 0.2) is 5.38 Å². The minimum atomic E-state index is 0.0862. The van der Waals surface area contributed by atoms with Crippen LogP contribution < -0.4 is 4.90 Å². The average molecular weight is 295 g/mol. The molecule has 1 aliphatic heterocycles. The summed E-state index contributed by atoms with van der Waals surface area (Å²) in [7, 11) is 1.83. The number of hydrogen-bond acceptors (Lipinski definition) is 4. The van der Waals surface area contributed by atoms with Crippen LogP contribution in [-0.2, 0) is 16.0 Å². The van der Waals surface area contributed by atoms with Gasteiger partial charge in [-0.25, -0.2) is 4.98 Å². The summed E-state index contributed by atoms with van der Waals surface area (Å²) >= 11 is 1.45. The topological polar surface area (TPSA) is 53.5 Å². The molecule has 0 radical (unpaired) electrons. The van der Waals surface area contributed by atoms with Crippen molar-refractivity contribution in [3.63, 3.8) is 0 Å². The lowest BCUT2D eigenvalue weighted by molar-refractivity contribution is -0.129. The van der Waals surface area contributed by atoms with Crippen molar-refractivity contribution in [2.24, 2.45) is 0 Å². The summed E-state index contributed by atoms with van der Waals surface area (Å²) in [6.45, 7) is 3.64. The van der Waals surface area contributed by atoms with E-state index in [0.29, 0.717) is 12.8 Å². The van der Waals surface area contributed by atoms with E-state index in [1.54, 1.807) is 9.80 Å². The van der Waals surface area contributed by atoms with Crippen molar-refractivity contribution in [1.29, 1.82) is 0 Å². The van der Waals surface area contributed by atoms with Gasteiger partial charge in [0.2, 0.25) is 11.8 Å². The van der Waals surface area contributed by atoms with Crippen molar-refractivity contribution in [3.8, 4) is 0 Å². The number of thiazole rings is 1. The minimum absolute atomic E-state index is 0.0862. The molecule has 2 amide bonds. The molecule has 2 heterocycles. The molecule has 1 aliphatic rings. The van der Waals surface area contributed by atoms with Gasteiger partial charge in [0.1, 0.15) is 0 Å². The van der Waals surface area contributed by atoms with Gasteiger partial charge in [0.25, 0.3) is 0 Å². The van der Waals surface area contributed by atoms with Gasteiger partial charge in [-0.1, -0.05) is 13.3 Å². The Morgan fingerprint density at radius 2 is 2.35 bits per heavy atom. The zero-order chi connectivity index (χ0) is 14.5. The maximum atomic E-state index is 12.0. The first-order valence-corrected chi connectivity index (χ1v) is 7.98. The molecule has 0 aromatic carbocycles. The third kappa shape index (κ3) is 3.56. The van der Waals surface area contributed by atoms with Crippen LogP contribution in [-0.4, -0.2) is 41.8 Å². The first-order chi connectivity index (χ1) is 9.61. The molecule has 1 saturated heterocycles. The Morgan fingerprint density at radius 1 is 1.55 bits per heavy atom. The van der Waals surface area contributed by atoms with Crippen molar-refractivity contribution in [1.82, 2.24) is 9.88 Å². The van der Waals surface area contributed by atoms with Crippen LogP contribution in [0.25, 0.3) is 0 Å². The second kappa shape index (κ2) is 6.83. The van der Waals surface area contributed by atoms with Crippen LogP contribution in [0.4, 0.5) is 5.13 Å². The number of carbonyl (C=O) groups excluding carboxylic acids is 2. The second-order valence-electron chi connectivity index (χ2n) is 5.12. The van der Waals surface area contributed by atoms with Crippen molar-refractivity contribution < 1.29 is 9.59 Å². The van der Waals surface area contributed by atoms with E-state index in [0.717, 1.165) is 43.2 Å². The fourth-order valence-corrected chi connectivity index (χ4v) is 3.03. The Kier molecular flexibility index (Phi) is 5.11. The van der Waals surface area contributed by atoms with E-state index in [4.69, 9.17) is 0 Å². The van der Waals surface area contributed by atoms with E-state index < -0.39 is 0 Å². The first kappa shape index (κ1) is 15.0. The van der Waals surface area contributed by atoms with Crippen molar-refractivity contribution in [3.05, 3.63) is 11.1 Å².